The Morgan fingerprint density at radius 3 is 2.25 bits per heavy atom. The highest BCUT2D eigenvalue weighted by Gasteiger charge is 2.14. The van der Waals surface area contributed by atoms with Crippen LogP contribution in [-0.4, -0.2) is 27.3 Å². The molecule has 0 saturated carbocycles. The third-order valence-electron chi connectivity index (χ3n) is 3.02. The number of hydrogen-bond acceptors (Lipinski definition) is 4. The Labute approximate surface area is 117 Å². The van der Waals surface area contributed by atoms with Crippen molar-refractivity contribution in [1.29, 1.82) is 0 Å². The van der Waals surface area contributed by atoms with Gasteiger partial charge in [0.25, 0.3) is 0 Å². The lowest BCUT2D eigenvalue weighted by Crippen LogP contribution is -2.04. The molecule has 0 aliphatic heterocycles. The molecule has 20 heavy (non-hydrogen) atoms. The highest BCUT2D eigenvalue weighted by atomic mass is 16.5. The van der Waals surface area contributed by atoms with Crippen molar-refractivity contribution in [2.45, 2.75) is 0 Å². The van der Waals surface area contributed by atoms with Crippen LogP contribution in [0.15, 0.2) is 42.5 Å². The molecular weight excluding hydrogens is 256 g/mol. The monoisotopic (exact) mass is 272 g/mol. The Kier molecular flexibility index (Phi) is 4.25. The minimum atomic E-state index is -0.423. The van der Waals surface area contributed by atoms with Crippen LogP contribution in [0.2, 0.25) is 0 Å². The Balaban J connectivity index is 2.51. The van der Waals surface area contributed by atoms with E-state index in [1.54, 1.807) is 19.2 Å². The van der Waals surface area contributed by atoms with Gasteiger partial charge in [-0.3, -0.25) is 0 Å². The number of rotatable bonds is 4. The van der Waals surface area contributed by atoms with Crippen LogP contribution in [0.4, 0.5) is 0 Å². The van der Waals surface area contributed by atoms with Crippen molar-refractivity contribution >= 4 is 5.97 Å². The lowest BCUT2D eigenvalue weighted by molar-refractivity contribution is 0.0597. The SMILES string of the molecule is COC(=O)c1ccc(-c2ccccc2OC)cc1OC. The molecule has 104 valence electrons. The van der Waals surface area contributed by atoms with Gasteiger partial charge in [-0.05, 0) is 23.8 Å². The van der Waals surface area contributed by atoms with Crippen LogP contribution in [0.25, 0.3) is 11.1 Å². The predicted molar refractivity (Wildman–Crippen MR) is 76.3 cm³/mol. The molecule has 0 aliphatic rings. The lowest BCUT2D eigenvalue weighted by atomic mass is 10.0. The molecular formula is C16H16O4. The van der Waals surface area contributed by atoms with E-state index in [-0.39, 0.29) is 0 Å². The molecule has 2 aromatic rings. The molecule has 0 N–H and O–H groups in total. The van der Waals surface area contributed by atoms with Crippen molar-refractivity contribution in [3.05, 3.63) is 48.0 Å². The summed E-state index contributed by atoms with van der Waals surface area (Å²) in [4.78, 5) is 11.6. The summed E-state index contributed by atoms with van der Waals surface area (Å²) in [5.41, 5.74) is 2.24. The molecule has 0 radical (unpaired) electrons. The summed E-state index contributed by atoms with van der Waals surface area (Å²) in [6.45, 7) is 0. The van der Waals surface area contributed by atoms with Crippen LogP contribution < -0.4 is 9.47 Å². The zero-order valence-electron chi connectivity index (χ0n) is 11.7. The molecule has 0 atom stereocenters. The second-order valence-corrected chi connectivity index (χ2v) is 4.11. The summed E-state index contributed by atoms with van der Waals surface area (Å²) in [6, 6.07) is 13.0. The zero-order chi connectivity index (χ0) is 14.5. The van der Waals surface area contributed by atoms with Gasteiger partial charge in [0.1, 0.15) is 17.1 Å². The Hall–Kier alpha value is -2.49. The van der Waals surface area contributed by atoms with Crippen LogP contribution >= 0.6 is 0 Å². The van der Waals surface area contributed by atoms with Gasteiger partial charge >= 0.3 is 5.97 Å². The van der Waals surface area contributed by atoms with Gasteiger partial charge in [-0.2, -0.15) is 0 Å². The molecule has 0 spiro atoms. The number of carbonyl (C=O) groups is 1. The van der Waals surface area contributed by atoms with Gasteiger partial charge in [-0.15, -0.1) is 0 Å². The maximum Gasteiger partial charge on any atom is 0.341 e. The Bertz CT molecular complexity index is 620. The van der Waals surface area contributed by atoms with Gasteiger partial charge in [-0.1, -0.05) is 24.3 Å². The molecule has 0 saturated heterocycles. The largest absolute Gasteiger partial charge is 0.496 e. The summed E-state index contributed by atoms with van der Waals surface area (Å²) in [5.74, 6) is 0.814. The molecule has 0 bridgehead atoms. The van der Waals surface area contributed by atoms with Gasteiger partial charge < -0.3 is 14.2 Å². The molecule has 2 aromatic carbocycles. The summed E-state index contributed by atoms with van der Waals surface area (Å²) >= 11 is 0. The van der Waals surface area contributed by atoms with E-state index in [1.165, 1.54) is 14.2 Å². The van der Waals surface area contributed by atoms with Crippen molar-refractivity contribution in [2.24, 2.45) is 0 Å². The van der Waals surface area contributed by atoms with Gasteiger partial charge in [0.2, 0.25) is 0 Å². The van der Waals surface area contributed by atoms with Gasteiger partial charge in [0, 0.05) is 5.56 Å². The molecule has 2 rings (SSSR count). The van der Waals surface area contributed by atoms with E-state index in [9.17, 15) is 4.79 Å². The smallest absolute Gasteiger partial charge is 0.341 e. The van der Waals surface area contributed by atoms with Crippen molar-refractivity contribution < 1.29 is 19.0 Å². The minimum absolute atomic E-state index is 0.397. The average Bonchev–Trinajstić information content (AvgIpc) is 2.53. The van der Waals surface area contributed by atoms with Crippen molar-refractivity contribution in [3.8, 4) is 22.6 Å². The van der Waals surface area contributed by atoms with Crippen molar-refractivity contribution in [1.82, 2.24) is 0 Å². The highest BCUT2D eigenvalue weighted by molar-refractivity contribution is 5.93. The Morgan fingerprint density at radius 2 is 1.60 bits per heavy atom. The molecule has 0 fully saturated rings. The molecule has 0 amide bonds. The maximum atomic E-state index is 11.6. The number of hydrogen-bond donors (Lipinski definition) is 0. The fourth-order valence-electron chi connectivity index (χ4n) is 2.02. The van der Waals surface area contributed by atoms with E-state index in [0.29, 0.717) is 11.3 Å². The van der Waals surface area contributed by atoms with Crippen LogP contribution in [0.1, 0.15) is 10.4 Å². The number of para-hydroxylation sites is 1. The van der Waals surface area contributed by atoms with Crippen molar-refractivity contribution in [3.63, 3.8) is 0 Å². The first-order chi connectivity index (χ1) is 9.71. The molecule has 0 heterocycles. The van der Waals surface area contributed by atoms with Gasteiger partial charge in [-0.25, -0.2) is 4.79 Å². The summed E-state index contributed by atoms with van der Waals surface area (Å²) in [5, 5.41) is 0. The number of methoxy groups -OCH3 is 3. The summed E-state index contributed by atoms with van der Waals surface area (Å²) < 4.78 is 15.3. The molecule has 4 nitrogen and oxygen atoms in total. The quantitative estimate of drug-likeness (QED) is 0.802. The fourth-order valence-corrected chi connectivity index (χ4v) is 2.02. The van der Waals surface area contributed by atoms with E-state index < -0.39 is 5.97 Å². The minimum Gasteiger partial charge on any atom is -0.496 e. The number of ether oxygens (including phenoxy) is 3. The normalized spacial score (nSPS) is 9.95. The lowest BCUT2D eigenvalue weighted by Gasteiger charge is -2.11. The van der Waals surface area contributed by atoms with E-state index in [0.717, 1.165) is 16.9 Å². The number of esters is 1. The number of carbonyl (C=O) groups excluding carboxylic acids is 1. The highest BCUT2D eigenvalue weighted by Crippen LogP contribution is 2.33. The molecule has 0 unspecified atom stereocenters. The maximum absolute atomic E-state index is 11.6. The standard InChI is InChI=1S/C16H16O4/c1-18-14-7-5-4-6-12(14)11-8-9-13(16(17)20-3)15(10-11)19-2/h4-10H,1-3H3. The molecule has 0 aromatic heterocycles. The van der Waals surface area contributed by atoms with Crippen LogP contribution in [0, 0.1) is 0 Å². The van der Waals surface area contributed by atoms with Crippen LogP contribution in [0.3, 0.4) is 0 Å². The Morgan fingerprint density at radius 1 is 0.900 bits per heavy atom. The first kappa shape index (κ1) is 13.9. The zero-order valence-corrected chi connectivity index (χ0v) is 11.7. The fraction of sp³-hybridized carbons (Fsp3) is 0.188. The first-order valence-electron chi connectivity index (χ1n) is 6.11. The van der Waals surface area contributed by atoms with Crippen molar-refractivity contribution in [2.75, 3.05) is 21.3 Å². The van der Waals surface area contributed by atoms with E-state index in [2.05, 4.69) is 0 Å². The van der Waals surface area contributed by atoms with Gasteiger partial charge in [0.15, 0.2) is 0 Å². The van der Waals surface area contributed by atoms with Crippen LogP contribution in [0.5, 0.6) is 11.5 Å². The van der Waals surface area contributed by atoms with Gasteiger partial charge in [0.05, 0.1) is 21.3 Å². The molecule has 4 heteroatoms. The summed E-state index contributed by atoms with van der Waals surface area (Å²) in [7, 11) is 4.49. The third-order valence-corrected chi connectivity index (χ3v) is 3.02. The average molecular weight is 272 g/mol. The third kappa shape index (κ3) is 2.59. The summed E-state index contributed by atoms with van der Waals surface area (Å²) in [6.07, 6.45) is 0. The number of benzene rings is 2. The first-order valence-corrected chi connectivity index (χ1v) is 6.11. The topological polar surface area (TPSA) is 44.8 Å². The second kappa shape index (κ2) is 6.10. The van der Waals surface area contributed by atoms with E-state index >= 15 is 0 Å². The second-order valence-electron chi connectivity index (χ2n) is 4.11. The molecule has 0 aliphatic carbocycles. The predicted octanol–water partition coefficient (Wildman–Crippen LogP) is 3.16. The van der Waals surface area contributed by atoms with E-state index in [1.807, 2.05) is 30.3 Å². The van der Waals surface area contributed by atoms with E-state index in [4.69, 9.17) is 14.2 Å². The van der Waals surface area contributed by atoms with Crippen LogP contribution in [-0.2, 0) is 4.74 Å².